The lowest BCUT2D eigenvalue weighted by atomic mass is 10.2. The fraction of sp³-hybridized carbons (Fsp3) is 0.120. The summed E-state index contributed by atoms with van der Waals surface area (Å²) in [5.74, 6) is 0.933. The Morgan fingerprint density at radius 1 is 1.03 bits per heavy atom. The number of anilines is 2. The van der Waals surface area contributed by atoms with Gasteiger partial charge in [0.1, 0.15) is 24.0 Å². The van der Waals surface area contributed by atoms with E-state index in [9.17, 15) is 5.11 Å². The third kappa shape index (κ3) is 6.76. The molecule has 0 radical (unpaired) electrons. The number of aromatic nitrogens is 2. The summed E-state index contributed by atoms with van der Waals surface area (Å²) in [4.78, 5) is 14.5. The number of aromatic hydroxyl groups is 1. The summed E-state index contributed by atoms with van der Waals surface area (Å²) in [6.45, 7) is 1.97. The largest absolute Gasteiger partial charge is 0.508 e. The molecule has 0 aliphatic carbocycles. The first-order valence-corrected chi connectivity index (χ1v) is 11.7. The van der Waals surface area contributed by atoms with Gasteiger partial charge in [0.2, 0.25) is 0 Å². The second-order valence-electron chi connectivity index (χ2n) is 7.49. The van der Waals surface area contributed by atoms with Crippen molar-refractivity contribution in [3.05, 3.63) is 81.0 Å². The first-order chi connectivity index (χ1) is 16.3. The number of phenols is 1. The Morgan fingerprint density at radius 2 is 1.76 bits per heavy atom. The van der Waals surface area contributed by atoms with Crippen molar-refractivity contribution in [3.8, 4) is 11.8 Å². The number of nitriles is 1. The number of nitrogens with one attached hydrogen (secondary N) is 1. The Hall–Kier alpha value is -3.48. The molecule has 34 heavy (non-hydrogen) atoms. The molecule has 9 heteroatoms. The number of hydrogen-bond donors (Lipinski definition) is 2. The fourth-order valence-electron chi connectivity index (χ4n) is 2.89. The number of nitrogens with zero attached hydrogens (tertiary/aromatic N) is 5. The van der Waals surface area contributed by atoms with Gasteiger partial charge in [-0.2, -0.15) is 5.26 Å². The highest BCUT2D eigenvalue weighted by atomic mass is 79.9. The molecule has 0 fully saturated rings. The minimum atomic E-state index is 0.220. The molecular formula is C25H22Br2N6O. The molecule has 0 spiro atoms. The van der Waals surface area contributed by atoms with Gasteiger partial charge in [-0.15, -0.1) is 0 Å². The number of hydrogen-bond acceptors (Lipinski definition) is 6. The van der Waals surface area contributed by atoms with Gasteiger partial charge < -0.3 is 15.3 Å². The maximum absolute atomic E-state index is 9.59. The molecule has 0 aliphatic rings. The van der Waals surface area contributed by atoms with Gasteiger partial charge in [-0.05, 0) is 55.0 Å². The molecule has 2 N–H and O–H groups in total. The van der Waals surface area contributed by atoms with Gasteiger partial charge >= 0.3 is 0 Å². The molecule has 0 amide bonds. The summed E-state index contributed by atoms with van der Waals surface area (Å²) in [5.41, 5.74) is 3.97. The van der Waals surface area contributed by atoms with Crippen molar-refractivity contribution < 1.29 is 5.11 Å². The molecule has 1 aromatic heterocycles. The second kappa shape index (κ2) is 11.6. The van der Waals surface area contributed by atoms with Gasteiger partial charge in [0.25, 0.3) is 0 Å². The Morgan fingerprint density at radius 3 is 2.50 bits per heavy atom. The van der Waals surface area contributed by atoms with E-state index in [1.165, 1.54) is 6.33 Å². The quantitative estimate of drug-likeness (QED) is 0.206. The van der Waals surface area contributed by atoms with E-state index in [1.54, 1.807) is 24.5 Å². The highest BCUT2D eigenvalue weighted by molar-refractivity contribution is 9.10. The van der Waals surface area contributed by atoms with E-state index in [0.29, 0.717) is 17.1 Å². The van der Waals surface area contributed by atoms with E-state index < -0.39 is 0 Å². The standard InChI is InChI=1S/C15H12BrN3O.C10H10BrN3/c1-9-2-4-11(20)7-14(9)19-15-12-6-10(16)3-5-13(12)17-8-18-15;1-14(2)7-13-10-4-3-9(11)5-8(10)6-12/h2-8,20H,1H3,(H,17,18,19);3-5,7H,1-2H3. The SMILES string of the molecule is CN(C)C=Nc1ccc(Br)cc1C#N.Cc1ccc(O)cc1Nc1ncnc2ccc(Br)cc12. The van der Waals surface area contributed by atoms with Gasteiger partial charge in [-0.1, -0.05) is 37.9 Å². The molecule has 0 saturated carbocycles. The van der Waals surface area contributed by atoms with Crippen LogP contribution in [0.15, 0.2) is 74.9 Å². The predicted molar refractivity (Wildman–Crippen MR) is 144 cm³/mol. The van der Waals surface area contributed by atoms with Crippen LogP contribution >= 0.6 is 31.9 Å². The van der Waals surface area contributed by atoms with Crippen LogP contribution < -0.4 is 5.32 Å². The summed E-state index contributed by atoms with van der Waals surface area (Å²) in [6, 6.07) is 18.6. The fourth-order valence-corrected chi connectivity index (χ4v) is 3.61. The number of rotatable bonds is 4. The van der Waals surface area contributed by atoms with Crippen molar-refractivity contribution in [2.24, 2.45) is 4.99 Å². The number of aryl methyl sites for hydroxylation is 1. The molecule has 0 unspecified atom stereocenters. The van der Waals surface area contributed by atoms with E-state index in [0.717, 1.165) is 31.1 Å². The first-order valence-electron chi connectivity index (χ1n) is 10.1. The number of aliphatic imine (C=N–C) groups is 1. The molecule has 1 heterocycles. The molecule has 0 bridgehead atoms. The zero-order valence-corrected chi connectivity index (χ0v) is 22.0. The van der Waals surface area contributed by atoms with Crippen LogP contribution in [0.4, 0.5) is 17.2 Å². The van der Waals surface area contributed by atoms with Crippen LogP contribution in [0.3, 0.4) is 0 Å². The smallest absolute Gasteiger partial charge is 0.141 e. The van der Waals surface area contributed by atoms with Gasteiger partial charge in [-0.3, -0.25) is 0 Å². The molecular weight excluding hydrogens is 560 g/mol. The summed E-state index contributed by atoms with van der Waals surface area (Å²) >= 11 is 6.76. The molecule has 172 valence electrons. The van der Waals surface area contributed by atoms with Gasteiger partial charge in [0.05, 0.1) is 23.1 Å². The molecule has 4 rings (SSSR count). The van der Waals surface area contributed by atoms with Crippen LogP contribution in [0.5, 0.6) is 5.75 Å². The summed E-state index contributed by atoms with van der Waals surface area (Å²) < 4.78 is 1.85. The highest BCUT2D eigenvalue weighted by Crippen LogP contribution is 2.29. The summed E-state index contributed by atoms with van der Waals surface area (Å²) in [5, 5.41) is 22.6. The Balaban J connectivity index is 0.000000204. The lowest BCUT2D eigenvalue weighted by Gasteiger charge is -2.11. The normalized spacial score (nSPS) is 10.5. The van der Waals surface area contributed by atoms with Crippen LogP contribution in [0.1, 0.15) is 11.1 Å². The second-order valence-corrected chi connectivity index (χ2v) is 9.32. The van der Waals surface area contributed by atoms with Crippen LogP contribution in [0, 0.1) is 18.3 Å². The van der Waals surface area contributed by atoms with Crippen molar-refractivity contribution >= 4 is 66.3 Å². The van der Waals surface area contributed by atoms with Crippen LogP contribution in [-0.2, 0) is 0 Å². The van der Waals surface area contributed by atoms with Crippen molar-refractivity contribution in [1.82, 2.24) is 14.9 Å². The molecule has 0 aliphatic heterocycles. The van der Waals surface area contributed by atoms with E-state index in [1.807, 2.05) is 62.3 Å². The third-order valence-electron chi connectivity index (χ3n) is 4.58. The number of benzene rings is 3. The Labute approximate surface area is 215 Å². The maximum atomic E-state index is 9.59. The van der Waals surface area contributed by atoms with Gasteiger partial charge in [-0.25, -0.2) is 15.0 Å². The molecule has 3 aromatic carbocycles. The maximum Gasteiger partial charge on any atom is 0.141 e. The molecule has 0 saturated heterocycles. The van der Waals surface area contributed by atoms with Crippen LogP contribution in [-0.4, -0.2) is 40.4 Å². The summed E-state index contributed by atoms with van der Waals surface area (Å²) in [7, 11) is 3.77. The van der Waals surface area contributed by atoms with Crippen LogP contribution in [0.25, 0.3) is 10.9 Å². The number of halogens is 2. The molecule has 0 atom stereocenters. The van der Waals surface area contributed by atoms with Crippen LogP contribution in [0.2, 0.25) is 0 Å². The van der Waals surface area contributed by atoms with Crippen molar-refractivity contribution in [2.75, 3.05) is 19.4 Å². The minimum Gasteiger partial charge on any atom is -0.508 e. The number of fused-ring (bicyclic) bond motifs is 1. The van der Waals surface area contributed by atoms with Gasteiger partial charge in [0.15, 0.2) is 0 Å². The van der Waals surface area contributed by atoms with E-state index >= 15 is 0 Å². The van der Waals surface area contributed by atoms with Crippen molar-refractivity contribution in [3.63, 3.8) is 0 Å². The average molecular weight is 582 g/mol. The Kier molecular flexibility index (Phi) is 8.57. The molecule has 7 nitrogen and oxygen atoms in total. The topological polar surface area (TPSA) is 97.4 Å². The first kappa shape index (κ1) is 25.1. The number of phenolic OH excluding ortho intramolecular Hbond substituents is 1. The monoisotopic (exact) mass is 580 g/mol. The zero-order chi connectivity index (χ0) is 24.7. The van der Waals surface area contributed by atoms with Crippen molar-refractivity contribution in [2.45, 2.75) is 6.92 Å². The average Bonchev–Trinajstić information content (AvgIpc) is 2.81. The third-order valence-corrected chi connectivity index (χ3v) is 5.56. The summed E-state index contributed by atoms with van der Waals surface area (Å²) in [6.07, 6.45) is 3.20. The van der Waals surface area contributed by atoms with Crippen molar-refractivity contribution in [1.29, 1.82) is 5.26 Å². The lowest BCUT2D eigenvalue weighted by molar-refractivity contribution is 0.475. The van der Waals surface area contributed by atoms with E-state index in [4.69, 9.17) is 5.26 Å². The predicted octanol–water partition coefficient (Wildman–Crippen LogP) is 6.69. The van der Waals surface area contributed by atoms with Gasteiger partial charge in [0, 0.05) is 40.2 Å². The van der Waals surface area contributed by atoms with E-state index in [2.05, 4.69) is 58.2 Å². The zero-order valence-electron chi connectivity index (χ0n) is 18.8. The lowest BCUT2D eigenvalue weighted by Crippen LogP contribution is -2.07. The highest BCUT2D eigenvalue weighted by Gasteiger charge is 2.07. The Bertz CT molecular complexity index is 1380. The van der Waals surface area contributed by atoms with E-state index in [-0.39, 0.29) is 5.75 Å². The molecule has 4 aromatic rings. The minimum absolute atomic E-state index is 0.220.